The van der Waals surface area contributed by atoms with Gasteiger partial charge in [0.1, 0.15) is 12.1 Å². The van der Waals surface area contributed by atoms with Crippen molar-refractivity contribution in [2.75, 3.05) is 5.73 Å². The van der Waals surface area contributed by atoms with Gasteiger partial charge in [-0.1, -0.05) is 24.3 Å². The summed E-state index contributed by atoms with van der Waals surface area (Å²) in [6.07, 6.45) is 5.15. The average molecular weight is 236 g/mol. The van der Waals surface area contributed by atoms with E-state index in [-0.39, 0.29) is 0 Å². The molecule has 18 heavy (non-hydrogen) atoms. The number of rotatable bonds is 1. The number of fused-ring (bicyclic) bond motifs is 1. The fourth-order valence-corrected chi connectivity index (χ4v) is 2.04. The molecule has 0 spiro atoms. The van der Waals surface area contributed by atoms with Gasteiger partial charge in [-0.25, -0.2) is 9.97 Å². The van der Waals surface area contributed by atoms with Crippen LogP contribution in [0, 0.1) is 6.92 Å². The molecule has 2 aromatic heterocycles. The third-order valence-electron chi connectivity index (χ3n) is 3.05. The van der Waals surface area contributed by atoms with E-state index in [0.29, 0.717) is 5.82 Å². The first-order valence-electron chi connectivity index (χ1n) is 5.67. The molecule has 4 nitrogen and oxygen atoms in total. The number of nitrogens with zero attached hydrogens (tertiary/aromatic N) is 3. The topological polar surface area (TPSA) is 64.7 Å². The maximum atomic E-state index is 5.83. The lowest BCUT2D eigenvalue weighted by atomic mass is 10.0. The summed E-state index contributed by atoms with van der Waals surface area (Å²) < 4.78 is 0. The van der Waals surface area contributed by atoms with Gasteiger partial charge in [0.2, 0.25) is 0 Å². The fourth-order valence-electron chi connectivity index (χ4n) is 2.04. The highest BCUT2D eigenvalue weighted by molar-refractivity contribution is 5.95. The van der Waals surface area contributed by atoms with Crippen LogP contribution in [-0.2, 0) is 0 Å². The number of aromatic nitrogens is 3. The van der Waals surface area contributed by atoms with Gasteiger partial charge in [0.25, 0.3) is 0 Å². The lowest BCUT2D eigenvalue weighted by Crippen LogP contribution is -1.99. The van der Waals surface area contributed by atoms with Gasteiger partial charge >= 0.3 is 0 Å². The van der Waals surface area contributed by atoms with Crippen LogP contribution in [0.2, 0.25) is 0 Å². The monoisotopic (exact) mass is 236 g/mol. The molecular formula is C14H12N4. The molecule has 0 atom stereocenters. The van der Waals surface area contributed by atoms with E-state index in [2.05, 4.69) is 21.0 Å². The van der Waals surface area contributed by atoms with E-state index in [1.54, 1.807) is 0 Å². The SMILES string of the molecule is Cc1c(N)ncnc1-c1cncc2ccccc12. The summed E-state index contributed by atoms with van der Waals surface area (Å²) in [4.78, 5) is 12.6. The lowest BCUT2D eigenvalue weighted by Gasteiger charge is -2.08. The highest BCUT2D eigenvalue weighted by atomic mass is 14.9. The van der Waals surface area contributed by atoms with Crippen LogP contribution < -0.4 is 5.73 Å². The van der Waals surface area contributed by atoms with Gasteiger partial charge in [0, 0.05) is 28.9 Å². The number of benzene rings is 1. The summed E-state index contributed by atoms with van der Waals surface area (Å²) in [7, 11) is 0. The zero-order valence-electron chi connectivity index (χ0n) is 9.96. The molecular weight excluding hydrogens is 224 g/mol. The zero-order valence-corrected chi connectivity index (χ0v) is 9.96. The second-order valence-corrected chi connectivity index (χ2v) is 4.14. The minimum absolute atomic E-state index is 0.507. The molecule has 3 rings (SSSR count). The van der Waals surface area contributed by atoms with Crippen molar-refractivity contribution in [2.45, 2.75) is 6.92 Å². The van der Waals surface area contributed by atoms with Crippen LogP contribution >= 0.6 is 0 Å². The molecule has 0 unspecified atom stereocenters. The Labute approximate surface area is 105 Å². The molecule has 0 bridgehead atoms. The summed E-state index contributed by atoms with van der Waals surface area (Å²) >= 11 is 0. The Kier molecular flexibility index (Phi) is 2.41. The van der Waals surface area contributed by atoms with E-state index < -0.39 is 0 Å². The molecule has 1 aromatic carbocycles. The average Bonchev–Trinajstić information content (AvgIpc) is 2.41. The Morgan fingerprint density at radius 2 is 1.89 bits per heavy atom. The van der Waals surface area contributed by atoms with E-state index in [4.69, 9.17) is 5.73 Å². The number of nitrogens with two attached hydrogens (primary N) is 1. The van der Waals surface area contributed by atoms with E-state index in [1.807, 2.05) is 37.5 Å². The Hall–Kier alpha value is -2.49. The van der Waals surface area contributed by atoms with E-state index in [0.717, 1.165) is 27.6 Å². The molecule has 0 aliphatic heterocycles. The number of hydrogen-bond donors (Lipinski definition) is 1. The summed E-state index contributed by atoms with van der Waals surface area (Å²) in [5.74, 6) is 0.507. The first kappa shape index (κ1) is 10.7. The van der Waals surface area contributed by atoms with Gasteiger partial charge in [0.15, 0.2) is 0 Å². The molecule has 0 saturated heterocycles. The molecule has 4 heteroatoms. The molecule has 2 N–H and O–H groups in total. The largest absolute Gasteiger partial charge is 0.383 e. The van der Waals surface area contributed by atoms with Crippen LogP contribution in [0.4, 0.5) is 5.82 Å². The summed E-state index contributed by atoms with van der Waals surface area (Å²) in [6.45, 7) is 1.92. The summed E-state index contributed by atoms with van der Waals surface area (Å²) in [6, 6.07) is 8.09. The molecule has 2 heterocycles. The maximum Gasteiger partial charge on any atom is 0.130 e. The number of anilines is 1. The van der Waals surface area contributed by atoms with Crippen molar-refractivity contribution < 1.29 is 0 Å². The van der Waals surface area contributed by atoms with Crippen molar-refractivity contribution in [3.8, 4) is 11.3 Å². The van der Waals surface area contributed by atoms with Gasteiger partial charge < -0.3 is 5.73 Å². The van der Waals surface area contributed by atoms with E-state index in [9.17, 15) is 0 Å². The van der Waals surface area contributed by atoms with Crippen molar-refractivity contribution >= 4 is 16.6 Å². The van der Waals surface area contributed by atoms with Gasteiger partial charge in [-0.05, 0) is 12.3 Å². The van der Waals surface area contributed by atoms with E-state index in [1.165, 1.54) is 6.33 Å². The molecule has 0 saturated carbocycles. The van der Waals surface area contributed by atoms with Gasteiger partial charge in [-0.15, -0.1) is 0 Å². The smallest absolute Gasteiger partial charge is 0.130 e. The number of pyridine rings is 1. The standard InChI is InChI=1S/C14H12N4/c1-9-13(17-8-18-14(9)15)12-7-16-6-10-4-2-3-5-11(10)12/h2-8H,1H3,(H2,15,17,18). The van der Waals surface area contributed by atoms with Crippen molar-refractivity contribution in [3.05, 3.63) is 48.5 Å². The van der Waals surface area contributed by atoms with Gasteiger partial charge in [-0.2, -0.15) is 0 Å². The third kappa shape index (κ3) is 1.59. The molecule has 0 amide bonds. The lowest BCUT2D eigenvalue weighted by molar-refractivity contribution is 1.14. The minimum Gasteiger partial charge on any atom is -0.383 e. The van der Waals surface area contributed by atoms with Gasteiger partial charge in [0.05, 0.1) is 5.69 Å². The van der Waals surface area contributed by atoms with Crippen LogP contribution in [0.25, 0.3) is 22.0 Å². The highest BCUT2D eigenvalue weighted by Crippen LogP contribution is 2.29. The molecule has 3 aromatic rings. The third-order valence-corrected chi connectivity index (χ3v) is 3.05. The quantitative estimate of drug-likeness (QED) is 0.705. The van der Waals surface area contributed by atoms with Crippen molar-refractivity contribution in [2.24, 2.45) is 0 Å². The molecule has 0 radical (unpaired) electrons. The van der Waals surface area contributed by atoms with Crippen LogP contribution in [0.3, 0.4) is 0 Å². The number of nitrogen functional groups attached to an aromatic ring is 1. The number of hydrogen-bond acceptors (Lipinski definition) is 4. The summed E-state index contributed by atoms with van der Waals surface area (Å²) in [5.41, 5.74) is 8.54. The van der Waals surface area contributed by atoms with E-state index >= 15 is 0 Å². The minimum atomic E-state index is 0.507. The Morgan fingerprint density at radius 1 is 1.06 bits per heavy atom. The maximum absolute atomic E-state index is 5.83. The Balaban J connectivity index is 2.35. The summed E-state index contributed by atoms with van der Waals surface area (Å²) in [5, 5.41) is 2.21. The molecule has 0 aliphatic rings. The first-order valence-corrected chi connectivity index (χ1v) is 5.67. The fraction of sp³-hybridized carbons (Fsp3) is 0.0714. The Morgan fingerprint density at radius 3 is 2.78 bits per heavy atom. The Bertz CT molecular complexity index is 717. The predicted octanol–water partition coefficient (Wildman–Crippen LogP) is 2.58. The first-order chi connectivity index (χ1) is 8.77. The van der Waals surface area contributed by atoms with Crippen LogP contribution in [0.5, 0.6) is 0 Å². The molecule has 0 fully saturated rings. The van der Waals surface area contributed by atoms with Crippen molar-refractivity contribution in [3.63, 3.8) is 0 Å². The highest BCUT2D eigenvalue weighted by Gasteiger charge is 2.10. The second kappa shape index (κ2) is 4.07. The predicted molar refractivity (Wildman–Crippen MR) is 71.9 cm³/mol. The normalized spacial score (nSPS) is 10.7. The van der Waals surface area contributed by atoms with Crippen LogP contribution in [0.15, 0.2) is 43.0 Å². The van der Waals surface area contributed by atoms with Crippen molar-refractivity contribution in [1.29, 1.82) is 0 Å². The van der Waals surface area contributed by atoms with Crippen molar-refractivity contribution in [1.82, 2.24) is 15.0 Å². The zero-order chi connectivity index (χ0) is 12.5. The second-order valence-electron chi connectivity index (χ2n) is 4.14. The molecule has 88 valence electrons. The molecule has 0 aliphatic carbocycles. The van der Waals surface area contributed by atoms with Crippen LogP contribution in [0.1, 0.15) is 5.56 Å². The van der Waals surface area contributed by atoms with Crippen LogP contribution in [-0.4, -0.2) is 15.0 Å². The van der Waals surface area contributed by atoms with Gasteiger partial charge in [-0.3, -0.25) is 4.98 Å².